The first kappa shape index (κ1) is 18.2. The van der Waals surface area contributed by atoms with Crippen molar-refractivity contribution < 1.29 is 18.3 Å². The maximum Gasteiger partial charge on any atom is 0.289 e. The summed E-state index contributed by atoms with van der Waals surface area (Å²) in [6.45, 7) is 0.536. The Kier molecular flexibility index (Phi) is 5.41. The van der Waals surface area contributed by atoms with Crippen molar-refractivity contribution in [2.75, 3.05) is 7.05 Å². The van der Waals surface area contributed by atoms with Crippen LogP contribution in [-0.4, -0.2) is 27.6 Å². The smallest absolute Gasteiger partial charge is 0.289 e. The molecule has 0 fully saturated rings. The fourth-order valence-electron chi connectivity index (χ4n) is 2.35. The molecule has 1 amide bonds. The number of nitrogens with zero attached hydrogens (tertiary/aromatic N) is 3. The maximum atomic E-state index is 12.9. The van der Waals surface area contributed by atoms with Crippen LogP contribution in [0.3, 0.4) is 0 Å². The van der Waals surface area contributed by atoms with Gasteiger partial charge in [-0.2, -0.15) is 5.10 Å². The quantitative estimate of drug-likeness (QED) is 0.607. The number of carbonyl (C=O) groups is 1. The van der Waals surface area contributed by atoms with E-state index < -0.39 is 0 Å². The number of hydrogen-bond donors (Lipinski definition) is 0. The third-order valence-corrected chi connectivity index (χ3v) is 4.47. The summed E-state index contributed by atoms with van der Waals surface area (Å²) in [5.74, 6) is 0.683. The average Bonchev–Trinajstić information content (AvgIpc) is 3.22. The Hall–Kier alpha value is -2.61. The largest absolute Gasteiger partial charge is 0.486 e. The Bertz CT molecular complexity index is 885. The molecule has 1 aromatic carbocycles. The highest BCUT2D eigenvalue weighted by molar-refractivity contribution is 9.10. The molecule has 8 heteroatoms. The Morgan fingerprint density at radius 2 is 2.04 bits per heavy atom. The minimum absolute atomic E-state index is 0.149. The maximum absolute atomic E-state index is 12.9. The van der Waals surface area contributed by atoms with Gasteiger partial charge in [-0.25, -0.2) is 4.39 Å². The van der Waals surface area contributed by atoms with Gasteiger partial charge in [0.1, 0.15) is 23.9 Å². The van der Waals surface area contributed by atoms with Crippen LogP contribution in [-0.2, 0) is 20.2 Å². The van der Waals surface area contributed by atoms with E-state index in [-0.39, 0.29) is 24.1 Å². The predicted octanol–water partition coefficient (Wildman–Crippen LogP) is 3.77. The molecule has 6 nitrogen and oxygen atoms in total. The number of rotatable bonds is 6. The molecule has 0 radical (unpaired) electrons. The molecule has 0 atom stereocenters. The molecule has 0 N–H and O–H groups in total. The summed E-state index contributed by atoms with van der Waals surface area (Å²) in [6, 6.07) is 8.99. The van der Waals surface area contributed by atoms with Crippen LogP contribution in [0.5, 0.6) is 5.75 Å². The van der Waals surface area contributed by atoms with E-state index in [4.69, 9.17) is 9.15 Å². The third-order valence-electron chi connectivity index (χ3n) is 3.81. The Balaban J connectivity index is 1.61. The molecule has 0 saturated heterocycles. The van der Waals surface area contributed by atoms with Crippen molar-refractivity contribution in [3.05, 3.63) is 70.1 Å². The van der Waals surface area contributed by atoms with E-state index >= 15 is 0 Å². The molecule has 2 aromatic heterocycles. The third kappa shape index (κ3) is 4.13. The molecule has 0 aliphatic rings. The monoisotopic (exact) mass is 421 g/mol. The zero-order valence-electron chi connectivity index (χ0n) is 14.3. The van der Waals surface area contributed by atoms with Gasteiger partial charge in [0.25, 0.3) is 5.91 Å². The van der Waals surface area contributed by atoms with Gasteiger partial charge in [0.05, 0.1) is 22.9 Å². The first-order valence-corrected chi connectivity index (χ1v) is 8.62. The number of amides is 1. The average molecular weight is 422 g/mol. The molecule has 0 aliphatic carbocycles. The number of carbonyl (C=O) groups excluding carboxylic acids is 1. The van der Waals surface area contributed by atoms with Crippen LogP contribution in [0, 0.1) is 5.82 Å². The number of ether oxygens (including phenoxy) is 1. The molecule has 0 unspecified atom stereocenters. The molecule has 0 aliphatic heterocycles. The van der Waals surface area contributed by atoms with E-state index in [0.717, 1.165) is 10.2 Å². The second kappa shape index (κ2) is 7.74. The predicted molar refractivity (Wildman–Crippen MR) is 96.1 cm³/mol. The second-order valence-electron chi connectivity index (χ2n) is 5.73. The highest BCUT2D eigenvalue weighted by atomic mass is 79.9. The first-order valence-electron chi connectivity index (χ1n) is 7.83. The van der Waals surface area contributed by atoms with Gasteiger partial charge in [0.15, 0.2) is 5.76 Å². The van der Waals surface area contributed by atoms with Gasteiger partial charge in [-0.15, -0.1) is 0 Å². The molecule has 0 bridgehead atoms. The number of aromatic nitrogens is 2. The van der Waals surface area contributed by atoms with Crippen LogP contribution in [0.2, 0.25) is 0 Å². The van der Waals surface area contributed by atoms with Gasteiger partial charge in [0, 0.05) is 14.1 Å². The van der Waals surface area contributed by atoms with Crippen LogP contribution >= 0.6 is 15.9 Å². The SMILES string of the molecule is CN(Cc1c(Br)cnn1C)C(=O)c1ccc(COc2ccc(F)cc2)o1. The first-order chi connectivity index (χ1) is 12.4. The number of furan rings is 1. The molecule has 26 heavy (non-hydrogen) atoms. The molecule has 3 aromatic rings. The van der Waals surface area contributed by atoms with Gasteiger partial charge in [-0.05, 0) is 52.3 Å². The lowest BCUT2D eigenvalue weighted by Gasteiger charge is -2.16. The van der Waals surface area contributed by atoms with Gasteiger partial charge >= 0.3 is 0 Å². The number of benzene rings is 1. The normalized spacial score (nSPS) is 10.8. The number of hydrogen-bond acceptors (Lipinski definition) is 4. The van der Waals surface area contributed by atoms with Crippen molar-refractivity contribution in [2.24, 2.45) is 7.05 Å². The Labute approximate surface area is 158 Å². The minimum atomic E-state index is -0.327. The van der Waals surface area contributed by atoms with Gasteiger partial charge in [0.2, 0.25) is 0 Å². The van der Waals surface area contributed by atoms with Crippen molar-refractivity contribution in [1.82, 2.24) is 14.7 Å². The van der Waals surface area contributed by atoms with Crippen LogP contribution in [0.1, 0.15) is 22.0 Å². The summed E-state index contributed by atoms with van der Waals surface area (Å²) in [5.41, 5.74) is 0.882. The van der Waals surface area contributed by atoms with Crippen molar-refractivity contribution in [1.29, 1.82) is 0 Å². The van der Waals surface area contributed by atoms with Crippen molar-refractivity contribution in [3.8, 4) is 5.75 Å². The zero-order valence-corrected chi connectivity index (χ0v) is 15.9. The van der Waals surface area contributed by atoms with E-state index in [1.807, 2.05) is 7.05 Å². The Morgan fingerprint density at radius 3 is 2.69 bits per heavy atom. The summed E-state index contributed by atoms with van der Waals surface area (Å²) in [5, 5.41) is 4.13. The van der Waals surface area contributed by atoms with E-state index in [9.17, 15) is 9.18 Å². The van der Waals surface area contributed by atoms with Crippen LogP contribution in [0.15, 0.2) is 51.5 Å². The highest BCUT2D eigenvalue weighted by Crippen LogP contribution is 2.19. The lowest BCUT2D eigenvalue weighted by Crippen LogP contribution is -2.27. The van der Waals surface area contributed by atoms with E-state index in [1.54, 1.807) is 35.0 Å². The molecule has 136 valence electrons. The zero-order chi connectivity index (χ0) is 18.7. The van der Waals surface area contributed by atoms with E-state index in [0.29, 0.717) is 18.1 Å². The lowest BCUT2D eigenvalue weighted by atomic mass is 10.3. The van der Waals surface area contributed by atoms with Crippen molar-refractivity contribution in [3.63, 3.8) is 0 Å². The molecular weight excluding hydrogens is 405 g/mol. The summed E-state index contributed by atoms with van der Waals surface area (Å²) < 4.78 is 26.5. The Morgan fingerprint density at radius 1 is 1.31 bits per heavy atom. The van der Waals surface area contributed by atoms with Crippen LogP contribution < -0.4 is 4.74 Å². The molecule has 3 rings (SSSR count). The van der Waals surface area contributed by atoms with E-state index in [1.165, 1.54) is 24.3 Å². The minimum Gasteiger partial charge on any atom is -0.486 e. The number of halogens is 2. The topological polar surface area (TPSA) is 60.5 Å². The van der Waals surface area contributed by atoms with Crippen LogP contribution in [0.25, 0.3) is 0 Å². The van der Waals surface area contributed by atoms with Gasteiger partial charge in [-0.1, -0.05) is 0 Å². The fourth-order valence-corrected chi connectivity index (χ4v) is 2.83. The van der Waals surface area contributed by atoms with E-state index in [2.05, 4.69) is 21.0 Å². The summed E-state index contributed by atoms with van der Waals surface area (Å²) in [6.07, 6.45) is 1.69. The molecular formula is C18H17BrFN3O3. The van der Waals surface area contributed by atoms with Crippen molar-refractivity contribution in [2.45, 2.75) is 13.2 Å². The molecule has 0 spiro atoms. The molecule has 0 saturated carbocycles. The standard InChI is InChI=1S/C18H17BrFN3O3/c1-22(10-16-15(19)9-21-23(16)2)18(24)17-8-7-14(26-17)11-25-13-5-3-12(20)4-6-13/h3-9H,10-11H2,1-2H3. The van der Waals surface area contributed by atoms with Crippen molar-refractivity contribution >= 4 is 21.8 Å². The molecule has 2 heterocycles. The summed E-state index contributed by atoms with van der Waals surface area (Å²) in [7, 11) is 3.51. The fraction of sp³-hybridized carbons (Fsp3) is 0.222. The van der Waals surface area contributed by atoms with Gasteiger partial charge in [-0.3, -0.25) is 9.48 Å². The lowest BCUT2D eigenvalue weighted by molar-refractivity contribution is 0.0746. The van der Waals surface area contributed by atoms with Gasteiger partial charge < -0.3 is 14.1 Å². The highest BCUT2D eigenvalue weighted by Gasteiger charge is 2.19. The van der Waals surface area contributed by atoms with Crippen LogP contribution in [0.4, 0.5) is 4.39 Å². The summed E-state index contributed by atoms with van der Waals surface area (Å²) >= 11 is 3.42. The summed E-state index contributed by atoms with van der Waals surface area (Å²) in [4.78, 5) is 14.1. The second-order valence-corrected chi connectivity index (χ2v) is 6.59. The number of aryl methyl sites for hydroxylation is 1.